The van der Waals surface area contributed by atoms with Gasteiger partial charge in [0.25, 0.3) is 0 Å². The molecule has 0 unspecified atom stereocenters. The molecule has 0 aliphatic heterocycles. The van der Waals surface area contributed by atoms with Crippen LogP contribution < -0.4 is 10.1 Å². The maximum Gasteiger partial charge on any atom is 0.243 e. The Balaban J connectivity index is 1.64. The minimum atomic E-state index is -0.459. The lowest BCUT2D eigenvalue weighted by atomic mass is 10.1. The van der Waals surface area contributed by atoms with Crippen LogP contribution in [0.2, 0.25) is 0 Å². The Kier molecular flexibility index (Phi) is 9.14. The number of nitrogens with zero attached hydrogens (tertiary/aromatic N) is 1. The Morgan fingerprint density at radius 3 is 2.41 bits per heavy atom. The van der Waals surface area contributed by atoms with E-state index in [4.69, 9.17) is 4.74 Å². The molecular formula is C27H36N2O3. The molecule has 1 N–H and O–H groups in total. The molecule has 0 radical (unpaired) electrons. The van der Waals surface area contributed by atoms with Gasteiger partial charge in [0, 0.05) is 19.0 Å². The molecule has 2 aromatic carbocycles. The molecule has 0 spiro atoms. The molecule has 3 rings (SSSR count). The van der Waals surface area contributed by atoms with Crippen LogP contribution in [0.3, 0.4) is 0 Å². The zero-order valence-corrected chi connectivity index (χ0v) is 19.4. The van der Waals surface area contributed by atoms with Gasteiger partial charge in [0.1, 0.15) is 11.8 Å². The fraction of sp³-hybridized carbons (Fsp3) is 0.481. The van der Waals surface area contributed by atoms with Crippen molar-refractivity contribution in [3.63, 3.8) is 0 Å². The first-order valence-electron chi connectivity index (χ1n) is 11.9. The fourth-order valence-electron chi connectivity index (χ4n) is 4.25. The van der Waals surface area contributed by atoms with E-state index in [2.05, 4.69) is 5.32 Å². The lowest BCUT2D eigenvalue weighted by molar-refractivity contribution is -0.141. The van der Waals surface area contributed by atoms with Crippen molar-refractivity contribution in [1.82, 2.24) is 10.2 Å². The van der Waals surface area contributed by atoms with E-state index in [1.165, 1.54) is 5.56 Å². The van der Waals surface area contributed by atoms with E-state index >= 15 is 0 Å². The Hall–Kier alpha value is -2.82. The van der Waals surface area contributed by atoms with Crippen LogP contribution in [0.4, 0.5) is 0 Å². The molecule has 5 nitrogen and oxygen atoms in total. The number of benzene rings is 2. The summed E-state index contributed by atoms with van der Waals surface area (Å²) >= 11 is 0. The number of rotatable bonds is 11. The second kappa shape index (κ2) is 12.3. The van der Waals surface area contributed by atoms with Crippen LogP contribution in [0.5, 0.6) is 5.75 Å². The molecule has 172 valence electrons. The topological polar surface area (TPSA) is 58.6 Å². The molecule has 32 heavy (non-hydrogen) atoms. The van der Waals surface area contributed by atoms with Crippen molar-refractivity contribution in [3.05, 3.63) is 65.7 Å². The Morgan fingerprint density at radius 1 is 1.06 bits per heavy atom. The summed E-state index contributed by atoms with van der Waals surface area (Å²) in [6, 6.07) is 17.6. The zero-order valence-electron chi connectivity index (χ0n) is 19.4. The number of carbonyl (C=O) groups excluding carboxylic acids is 2. The van der Waals surface area contributed by atoms with E-state index in [0.29, 0.717) is 32.4 Å². The highest BCUT2D eigenvalue weighted by molar-refractivity contribution is 5.87. The number of ether oxygens (including phenoxy) is 1. The minimum Gasteiger partial charge on any atom is -0.494 e. The Labute approximate surface area is 192 Å². The fourth-order valence-corrected chi connectivity index (χ4v) is 4.25. The minimum absolute atomic E-state index is 0.00402. The number of amides is 2. The van der Waals surface area contributed by atoms with Crippen molar-refractivity contribution in [3.8, 4) is 5.75 Å². The summed E-state index contributed by atoms with van der Waals surface area (Å²) in [5.41, 5.74) is 2.22. The van der Waals surface area contributed by atoms with Gasteiger partial charge in [-0.25, -0.2) is 0 Å². The first-order chi connectivity index (χ1) is 15.6. The van der Waals surface area contributed by atoms with E-state index in [-0.39, 0.29) is 17.9 Å². The highest BCUT2D eigenvalue weighted by Crippen LogP contribution is 2.20. The van der Waals surface area contributed by atoms with Gasteiger partial charge >= 0.3 is 0 Å². The summed E-state index contributed by atoms with van der Waals surface area (Å²) in [4.78, 5) is 28.1. The number of aryl methyl sites for hydroxylation is 1. The van der Waals surface area contributed by atoms with Gasteiger partial charge in [0.15, 0.2) is 0 Å². The summed E-state index contributed by atoms with van der Waals surface area (Å²) in [7, 11) is 0. The standard InChI is InChI=1S/C27H36N2O3/c1-3-25(27(31)28-23-10-7-8-11-23)29(20-22-17-15-21(2)16-18-22)26(30)14-9-19-32-24-12-5-4-6-13-24/h4-6,12-13,15-18,23,25H,3,7-11,14,19-20H2,1-2H3,(H,28,31)/t25-/m0/s1. The van der Waals surface area contributed by atoms with Crippen LogP contribution in [0.1, 0.15) is 63.0 Å². The van der Waals surface area contributed by atoms with Crippen molar-refractivity contribution in [1.29, 1.82) is 0 Å². The largest absolute Gasteiger partial charge is 0.494 e. The number of nitrogens with one attached hydrogen (secondary N) is 1. The van der Waals surface area contributed by atoms with Crippen LogP contribution in [-0.2, 0) is 16.1 Å². The number of para-hydroxylation sites is 1. The molecule has 5 heteroatoms. The van der Waals surface area contributed by atoms with Crippen molar-refractivity contribution in [2.45, 2.75) is 77.4 Å². The lowest BCUT2D eigenvalue weighted by Crippen LogP contribution is -2.50. The summed E-state index contributed by atoms with van der Waals surface area (Å²) in [5, 5.41) is 3.19. The predicted octanol–water partition coefficient (Wildman–Crippen LogP) is 5.02. The van der Waals surface area contributed by atoms with E-state index in [0.717, 1.165) is 37.0 Å². The van der Waals surface area contributed by atoms with Gasteiger partial charge < -0.3 is 15.0 Å². The second-order valence-electron chi connectivity index (χ2n) is 8.69. The molecule has 1 aliphatic carbocycles. The van der Waals surface area contributed by atoms with Crippen molar-refractivity contribution >= 4 is 11.8 Å². The van der Waals surface area contributed by atoms with E-state index < -0.39 is 6.04 Å². The predicted molar refractivity (Wildman–Crippen MR) is 127 cm³/mol. The summed E-state index contributed by atoms with van der Waals surface area (Å²) in [5.74, 6) is 0.773. The molecule has 2 aromatic rings. The molecule has 0 bridgehead atoms. The zero-order chi connectivity index (χ0) is 22.8. The summed E-state index contributed by atoms with van der Waals surface area (Å²) < 4.78 is 5.74. The van der Waals surface area contributed by atoms with Crippen LogP contribution >= 0.6 is 0 Å². The van der Waals surface area contributed by atoms with Crippen LogP contribution in [0, 0.1) is 6.92 Å². The maximum absolute atomic E-state index is 13.3. The Bertz CT molecular complexity index is 845. The Morgan fingerprint density at radius 2 is 1.75 bits per heavy atom. The van der Waals surface area contributed by atoms with E-state index in [9.17, 15) is 9.59 Å². The first-order valence-corrected chi connectivity index (χ1v) is 11.9. The molecule has 0 heterocycles. The number of hydrogen-bond donors (Lipinski definition) is 1. The molecule has 1 atom stereocenters. The highest BCUT2D eigenvalue weighted by atomic mass is 16.5. The molecule has 1 aliphatic rings. The van der Waals surface area contributed by atoms with Gasteiger partial charge in [-0.2, -0.15) is 0 Å². The smallest absolute Gasteiger partial charge is 0.243 e. The van der Waals surface area contributed by atoms with Crippen molar-refractivity contribution < 1.29 is 14.3 Å². The molecule has 1 saturated carbocycles. The van der Waals surface area contributed by atoms with Gasteiger partial charge in [0.05, 0.1) is 6.61 Å². The van der Waals surface area contributed by atoms with Crippen molar-refractivity contribution in [2.24, 2.45) is 0 Å². The van der Waals surface area contributed by atoms with Gasteiger partial charge in [-0.1, -0.05) is 67.8 Å². The van der Waals surface area contributed by atoms with Gasteiger partial charge in [-0.3, -0.25) is 9.59 Å². The highest BCUT2D eigenvalue weighted by Gasteiger charge is 2.30. The van der Waals surface area contributed by atoms with Crippen LogP contribution in [0.25, 0.3) is 0 Å². The van der Waals surface area contributed by atoms with Gasteiger partial charge in [0.2, 0.25) is 11.8 Å². The second-order valence-corrected chi connectivity index (χ2v) is 8.69. The number of hydrogen-bond acceptors (Lipinski definition) is 3. The third kappa shape index (κ3) is 7.11. The normalized spacial score (nSPS) is 14.7. The average molecular weight is 437 g/mol. The molecular weight excluding hydrogens is 400 g/mol. The molecule has 0 saturated heterocycles. The molecule has 1 fully saturated rings. The summed E-state index contributed by atoms with van der Waals surface area (Å²) in [6.45, 7) is 4.94. The average Bonchev–Trinajstić information content (AvgIpc) is 3.31. The third-order valence-corrected chi connectivity index (χ3v) is 6.11. The van der Waals surface area contributed by atoms with E-state index in [1.54, 1.807) is 4.90 Å². The quantitative estimate of drug-likeness (QED) is 0.503. The SMILES string of the molecule is CC[C@@H](C(=O)NC1CCCC1)N(Cc1ccc(C)cc1)C(=O)CCCOc1ccccc1. The van der Waals surface area contributed by atoms with Crippen LogP contribution in [0.15, 0.2) is 54.6 Å². The van der Waals surface area contributed by atoms with Gasteiger partial charge in [-0.05, 0) is 50.3 Å². The monoisotopic (exact) mass is 436 g/mol. The van der Waals surface area contributed by atoms with Crippen LogP contribution in [-0.4, -0.2) is 35.4 Å². The van der Waals surface area contributed by atoms with Crippen molar-refractivity contribution in [2.75, 3.05) is 6.61 Å². The maximum atomic E-state index is 13.3. The van der Waals surface area contributed by atoms with E-state index in [1.807, 2.05) is 68.4 Å². The molecule has 2 amide bonds. The molecule has 0 aromatic heterocycles. The lowest BCUT2D eigenvalue weighted by Gasteiger charge is -2.31. The third-order valence-electron chi connectivity index (χ3n) is 6.11. The van der Waals surface area contributed by atoms with Gasteiger partial charge in [-0.15, -0.1) is 0 Å². The first kappa shape index (κ1) is 23.8. The summed E-state index contributed by atoms with van der Waals surface area (Å²) in [6.07, 6.45) is 5.95. The number of carbonyl (C=O) groups is 2.